The molecule has 0 atom stereocenters. The zero-order valence-electron chi connectivity index (χ0n) is 11.6. The van der Waals surface area contributed by atoms with E-state index in [1.54, 1.807) is 12.5 Å². The van der Waals surface area contributed by atoms with E-state index in [-0.39, 0.29) is 0 Å². The van der Waals surface area contributed by atoms with Gasteiger partial charge < -0.3 is 9.80 Å². The summed E-state index contributed by atoms with van der Waals surface area (Å²) in [5, 5.41) is 0.640. The van der Waals surface area contributed by atoms with Gasteiger partial charge in [-0.25, -0.2) is 15.0 Å². The quantitative estimate of drug-likeness (QED) is 0.815. The number of nitrogens with zero attached hydrogens (tertiary/aromatic N) is 5. The second kappa shape index (κ2) is 6.15. The van der Waals surface area contributed by atoms with E-state index < -0.39 is 0 Å². The van der Waals surface area contributed by atoms with Crippen molar-refractivity contribution in [2.24, 2.45) is 0 Å². The fourth-order valence-electron chi connectivity index (χ4n) is 2.40. The Bertz CT molecular complexity index is 643. The van der Waals surface area contributed by atoms with E-state index in [0.717, 1.165) is 48.0 Å². The molecule has 3 rings (SSSR count). The second-order valence-electron chi connectivity index (χ2n) is 4.95. The first-order chi connectivity index (χ1) is 10.1. The molecule has 1 aliphatic rings. The van der Waals surface area contributed by atoms with Gasteiger partial charge in [-0.15, -0.1) is 0 Å². The molecule has 5 nitrogen and oxygen atoms in total. The Labute approximate surface area is 137 Å². The molecule has 0 amide bonds. The summed E-state index contributed by atoms with van der Waals surface area (Å²) in [6.45, 7) is 5.60. The molecule has 21 heavy (non-hydrogen) atoms. The molecule has 7 heteroatoms. The number of pyridine rings is 1. The van der Waals surface area contributed by atoms with Gasteiger partial charge in [-0.2, -0.15) is 0 Å². The van der Waals surface area contributed by atoms with Crippen molar-refractivity contribution >= 4 is 39.2 Å². The summed E-state index contributed by atoms with van der Waals surface area (Å²) >= 11 is 9.47. The van der Waals surface area contributed by atoms with Gasteiger partial charge in [0.2, 0.25) is 0 Å². The van der Waals surface area contributed by atoms with Crippen molar-refractivity contribution in [1.82, 2.24) is 15.0 Å². The van der Waals surface area contributed by atoms with E-state index in [1.807, 2.05) is 19.1 Å². The molecule has 0 spiro atoms. The molecule has 0 aromatic carbocycles. The van der Waals surface area contributed by atoms with Crippen molar-refractivity contribution in [3.8, 4) is 0 Å². The number of rotatable bonds is 2. The highest BCUT2D eigenvalue weighted by Gasteiger charge is 2.20. The fourth-order valence-corrected chi connectivity index (χ4v) is 3.29. The Morgan fingerprint density at radius 1 is 1.05 bits per heavy atom. The van der Waals surface area contributed by atoms with E-state index in [9.17, 15) is 0 Å². The second-order valence-corrected chi connectivity index (χ2v) is 6.24. The topological polar surface area (TPSA) is 45.2 Å². The SMILES string of the molecule is Cc1cc(N2CCN(c3ncc(Cl)cc3Br)CC2)ncn1. The van der Waals surface area contributed by atoms with Crippen molar-refractivity contribution in [3.05, 3.63) is 39.8 Å². The predicted molar refractivity (Wildman–Crippen MR) is 88.1 cm³/mol. The maximum atomic E-state index is 5.94. The lowest BCUT2D eigenvalue weighted by Crippen LogP contribution is -2.47. The van der Waals surface area contributed by atoms with E-state index in [0.29, 0.717) is 5.02 Å². The average molecular weight is 369 g/mol. The van der Waals surface area contributed by atoms with Crippen LogP contribution in [0.2, 0.25) is 5.02 Å². The van der Waals surface area contributed by atoms with Crippen LogP contribution in [0.5, 0.6) is 0 Å². The molecule has 1 aliphatic heterocycles. The van der Waals surface area contributed by atoms with Crippen molar-refractivity contribution in [3.63, 3.8) is 0 Å². The van der Waals surface area contributed by atoms with Crippen molar-refractivity contribution in [1.29, 1.82) is 0 Å². The zero-order chi connectivity index (χ0) is 14.8. The van der Waals surface area contributed by atoms with Crippen molar-refractivity contribution < 1.29 is 0 Å². The van der Waals surface area contributed by atoms with E-state index >= 15 is 0 Å². The number of aryl methyl sites for hydroxylation is 1. The third-order valence-electron chi connectivity index (χ3n) is 3.48. The molecule has 0 unspecified atom stereocenters. The minimum absolute atomic E-state index is 0.640. The highest BCUT2D eigenvalue weighted by atomic mass is 79.9. The summed E-state index contributed by atoms with van der Waals surface area (Å²) in [5.41, 5.74) is 0.990. The van der Waals surface area contributed by atoms with Gasteiger partial charge in [0, 0.05) is 44.1 Å². The van der Waals surface area contributed by atoms with Crippen LogP contribution >= 0.6 is 27.5 Å². The lowest BCUT2D eigenvalue weighted by Gasteiger charge is -2.36. The molecule has 0 aliphatic carbocycles. The van der Waals surface area contributed by atoms with E-state index in [1.165, 1.54) is 0 Å². The Morgan fingerprint density at radius 2 is 1.76 bits per heavy atom. The first kappa shape index (κ1) is 14.5. The largest absolute Gasteiger partial charge is 0.353 e. The molecule has 1 saturated heterocycles. The van der Waals surface area contributed by atoms with Crippen LogP contribution in [0, 0.1) is 6.92 Å². The average Bonchev–Trinajstić information content (AvgIpc) is 2.47. The Morgan fingerprint density at radius 3 is 2.43 bits per heavy atom. The van der Waals surface area contributed by atoms with Crippen LogP contribution in [0.25, 0.3) is 0 Å². The Hall–Kier alpha value is -1.40. The molecule has 1 fully saturated rings. The molecule has 0 bridgehead atoms. The molecule has 2 aromatic rings. The molecular weight excluding hydrogens is 354 g/mol. The lowest BCUT2D eigenvalue weighted by molar-refractivity contribution is 0.639. The summed E-state index contributed by atoms with van der Waals surface area (Å²) in [5.74, 6) is 1.93. The van der Waals surface area contributed by atoms with Gasteiger partial charge >= 0.3 is 0 Å². The fraction of sp³-hybridized carbons (Fsp3) is 0.357. The highest BCUT2D eigenvalue weighted by molar-refractivity contribution is 9.10. The molecule has 110 valence electrons. The van der Waals surface area contributed by atoms with Crippen molar-refractivity contribution in [2.45, 2.75) is 6.92 Å². The number of piperazine rings is 1. The lowest BCUT2D eigenvalue weighted by atomic mass is 10.3. The zero-order valence-corrected chi connectivity index (χ0v) is 14.0. The van der Waals surface area contributed by atoms with Crippen LogP contribution in [0.3, 0.4) is 0 Å². The number of aromatic nitrogens is 3. The monoisotopic (exact) mass is 367 g/mol. The maximum absolute atomic E-state index is 5.94. The number of halogens is 2. The normalized spacial score (nSPS) is 15.4. The molecule has 3 heterocycles. The molecule has 0 N–H and O–H groups in total. The van der Waals surface area contributed by atoms with Gasteiger partial charge in [0.25, 0.3) is 0 Å². The van der Waals surface area contributed by atoms with E-state index in [4.69, 9.17) is 11.6 Å². The Balaban J connectivity index is 1.70. The molecule has 2 aromatic heterocycles. The van der Waals surface area contributed by atoms with E-state index in [2.05, 4.69) is 40.7 Å². The summed E-state index contributed by atoms with van der Waals surface area (Å²) in [6, 6.07) is 3.90. The minimum atomic E-state index is 0.640. The first-order valence-corrected chi connectivity index (χ1v) is 7.90. The van der Waals surface area contributed by atoms with Crippen molar-refractivity contribution in [2.75, 3.05) is 36.0 Å². The maximum Gasteiger partial charge on any atom is 0.143 e. The smallest absolute Gasteiger partial charge is 0.143 e. The highest BCUT2D eigenvalue weighted by Crippen LogP contribution is 2.27. The minimum Gasteiger partial charge on any atom is -0.353 e. The molecule has 0 saturated carbocycles. The van der Waals surface area contributed by atoms with Gasteiger partial charge in [-0.1, -0.05) is 11.6 Å². The third-order valence-corrected chi connectivity index (χ3v) is 4.27. The number of hydrogen-bond donors (Lipinski definition) is 0. The predicted octanol–water partition coefficient (Wildman–Crippen LogP) is 2.92. The van der Waals surface area contributed by atoms with Gasteiger partial charge in [0.05, 0.1) is 9.50 Å². The molecule has 0 radical (unpaired) electrons. The van der Waals surface area contributed by atoms with Crippen LogP contribution < -0.4 is 9.80 Å². The standard InChI is InChI=1S/C14H15BrClN5/c1-10-6-13(19-9-18-10)20-2-4-21(5-3-20)14-12(15)7-11(16)8-17-14/h6-9H,2-5H2,1H3. The van der Waals surface area contributed by atoms with Gasteiger partial charge in [0.15, 0.2) is 0 Å². The van der Waals surface area contributed by atoms with Gasteiger partial charge in [0.1, 0.15) is 18.0 Å². The summed E-state index contributed by atoms with van der Waals surface area (Å²) in [4.78, 5) is 17.4. The van der Waals surface area contributed by atoms with Crippen LogP contribution in [0.4, 0.5) is 11.6 Å². The van der Waals surface area contributed by atoms with Crippen LogP contribution in [-0.4, -0.2) is 41.1 Å². The summed E-state index contributed by atoms with van der Waals surface area (Å²) < 4.78 is 0.932. The van der Waals surface area contributed by atoms with Crippen LogP contribution in [0.15, 0.2) is 29.1 Å². The summed E-state index contributed by atoms with van der Waals surface area (Å²) in [6.07, 6.45) is 3.30. The van der Waals surface area contributed by atoms with Gasteiger partial charge in [-0.05, 0) is 28.9 Å². The number of hydrogen-bond acceptors (Lipinski definition) is 5. The number of anilines is 2. The molecular formula is C14H15BrClN5. The van der Waals surface area contributed by atoms with Crippen LogP contribution in [0.1, 0.15) is 5.69 Å². The Kier molecular flexibility index (Phi) is 4.26. The van der Waals surface area contributed by atoms with Crippen LogP contribution in [-0.2, 0) is 0 Å². The third kappa shape index (κ3) is 3.27. The van der Waals surface area contributed by atoms with Gasteiger partial charge in [-0.3, -0.25) is 0 Å². The first-order valence-electron chi connectivity index (χ1n) is 6.73. The summed E-state index contributed by atoms with van der Waals surface area (Å²) in [7, 11) is 0.